The Balaban J connectivity index is 1.44. The molecule has 8 heteroatoms. The Kier molecular flexibility index (Phi) is 6.95. The van der Waals surface area contributed by atoms with E-state index < -0.39 is 19.1 Å². The topological polar surface area (TPSA) is 62.2 Å². The molecule has 1 fully saturated rings. The minimum absolute atomic E-state index is 0.0142. The van der Waals surface area contributed by atoms with Gasteiger partial charge in [0.15, 0.2) is 5.78 Å². The molecule has 0 N–H and O–H groups in total. The van der Waals surface area contributed by atoms with Crippen LogP contribution in [0.3, 0.4) is 0 Å². The minimum Gasteiger partial charge on any atom is -0.444 e. The smallest absolute Gasteiger partial charge is 0.410 e. The molecule has 1 aromatic rings. The third-order valence-corrected chi connectivity index (χ3v) is 8.75. The molecule has 0 unspecified atom stereocenters. The Labute approximate surface area is 243 Å². The lowest BCUT2D eigenvalue weighted by molar-refractivity contribution is 0.0240. The zero-order valence-corrected chi connectivity index (χ0v) is 26.5. The molecule has 0 atom stereocenters. The Bertz CT molecular complexity index is 1500. The highest BCUT2D eigenvalue weighted by Gasteiger charge is 2.46. The van der Waals surface area contributed by atoms with E-state index in [0.29, 0.717) is 48.8 Å². The van der Waals surface area contributed by atoms with Crippen molar-refractivity contribution in [3.8, 4) is 11.5 Å². The summed E-state index contributed by atoms with van der Waals surface area (Å²) in [5.74, 6) is 3.33. The molecule has 210 valence electrons. The van der Waals surface area contributed by atoms with Crippen molar-refractivity contribution < 1.29 is 14.3 Å². The van der Waals surface area contributed by atoms with Crippen LogP contribution in [0.1, 0.15) is 57.0 Å². The molecule has 0 saturated carbocycles. The van der Waals surface area contributed by atoms with Crippen LogP contribution in [0, 0.1) is 11.5 Å². The van der Waals surface area contributed by atoms with Crippen LogP contribution in [0.2, 0.25) is 24.7 Å². The fraction of sp³-hybridized carbons (Fsp3) is 0.469. The van der Waals surface area contributed by atoms with Gasteiger partial charge in [0.2, 0.25) is 0 Å². The van der Waals surface area contributed by atoms with Gasteiger partial charge in [0.25, 0.3) is 0 Å². The monoisotopic (exact) mass is 575 g/mol. The number of hydrogen-bond acceptors (Lipinski definition) is 5. The van der Waals surface area contributed by atoms with E-state index in [9.17, 15) is 9.59 Å². The van der Waals surface area contributed by atoms with E-state index in [2.05, 4.69) is 62.0 Å². The Hall–Kier alpha value is -3.08. The van der Waals surface area contributed by atoms with Gasteiger partial charge in [0, 0.05) is 42.7 Å². The summed E-state index contributed by atoms with van der Waals surface area (Å²) < 4.78 is 5.54. The van der Waals surface area contributed by atoms with Gasteiger partial charge in [-0.2, -0.15) is 0 Å². The number of carbonyl (C=O) groups excluding carboxylic acids is 2. The first kappa shape index (κ1) is 28.4. The van der Waals surface area contributed by atoms with Crippen LogP contribution < -0.4 is 4.90 Å². The van der Waals surface area contributed by atoms with Crippen LogP contribution in [0.4, 0.5) is 10.5 Å². The van der Waals surface area contributed by atoms with Gasteiger partial charge in [-0.1, -0.05) is 57.1 Å². The van der Waals surface area contributed by atoms with Crippen molar-refractivity contribution in [2.24, 2.45) is 4.99 Å². The highest BCUT2D eigenvalue weighted by molar-refractivity contribution is 6.83. The average Bonchev–Trinajstić information content (AvgIpc) is 3.25. The number of allylic oxidation sites excluding steroid dienone is 5. The normalized spacial score (nSPS) is 20.0. The van der Waals surface area contributed by atoms with Crippen molar-refractivity contribution in [2.45, 2.75) is 71.7 Å². The number of nitrogens with zero attached hydrogens (tertiary/aromatic N) is 3. The summed E-state index contributed by atoms with van der Waals surface area (Å²) in [7, 11) is -1.50. The number of carbonyl (C=O) groups is 2. The molecule has 0 radical (unpaired) electrons. The van der Waals surface area contributed by atoms with Crippen molar-refractivity contribution in [2.75, 3.05) is 31.1 Å². The van der Waals surface area contributed by atoms with Crippen LogP contribution in [-0.4, -0.2) is 62.3 Å². The molecule has 2 aliphatic carbocycles. The molecule has 4 aliphatic rings. The Morgan fingerprint density at radius 1 is 1.12 bits per heavy atom. The molecule has 1 amide bonds. The number of rotatable bonds is 1. The van der Waals surface area contributed by atoms with Crippen LogP contribution in [0.25, 0.3) is 0 Å². The first-order chi connectivity index (χ1) is 18.5. The van der Waals surface area contributed by atoms with E-state index in [1.807, 2.05) is 32.9 Å². The van der Waals surface area contributed by atoms with Gasteiger partial charge in [-0.25, -0.2) is 4.79 Å². The van der Waals surface area contributed by atoms with Crippen molar-refractivity contribution in [3.63, 3.8) is 0 Å². The van der Waals surface area contributed by atoms with Crippen LogP contribution in [-0.2, 0) is 10.2 Å². The predicted octanol–water partition coefficient (Wildman–Crippen LogP) is 6.72. The highest BCUT2D eigenvalue weighted by Crippen LogP contribution is 2.47. The second kappa shape index (κ2) is 9.78. The maximum absolute atomic E-state index is 13.9. The van der Waals surface area contributed by atoms with Crippen LogP contribution >= 0.6 is 11.6 Å². The summed E-state index contributed by atoms with van der Waals surface area (Å²) in [6.45, 7) is 18.9. The number of piperazine rings is 1. The third-order valence-electron chi connectivity index (χ3n) is 7.58. The lowest BCUT2D eigenvalue weighted by Crippen LogP contribution is -2.50. The summed E-state index contributed by atoms with van der Waals surface area (Å²) >= 11 is 6.83. The highest BCUT2D eigenvalue weighted by atomic mass is 35.5. The number of halogens is 1. The number of ketones is 1. The number of benzene rings is 1. The van der Waals surface area contributed by atoms with Gasteiger partial charge in [-0.05, 0) is 56.5 Å². The largest absolute Gasteiger partial charge is 0.444 e. The van der Waals surface area contributed by atoms with Gasteiger partial charge in [0.1, 0.15) is 13.7 Å². The molecule has 6 nitrogen and oxygen atoms in total. The van der Waals surface area contributed by atoms with E-state index in [0.717, 1.165) is 33.8 Å². The van der Waals surface area contributed by atoms with E-state index in [4.69, 9.17) is 21.3 Å². The number of hydrogen-bond donors (Lipinski definition) is 0. The van der Waals surface area contributed by atoms with E-state index in [-0.39, 0.29) is 11.9 Å². The van der Waals surface area contributed by atoms with Crippen molar-refractivity contribution in [3.05, 3.63) is 62.9 Å². The number of fused-ring (bicyclic) bond motifs is 3. The molecule has 0 aromatic heterocycles. The van der Waals surface area contributed by atoms with Crippen LogP contribution in [0.5, 0.6) is 0 Å². The van der Waals surface area contributed by atoms with E-state index in [1.54, 1.807) is 4.90 Å². The van der Waals surface area contributed by atoms with Gasteiger partial charge >= 0.3 is 6.09 Å². The summed E-state index contributed by atoms with van der Waals surface area (Å²) in [4.78, 5) is 35.4. The zero-order valence-electron chi connectivity index (χ0n) is 24.8. The first-order valence-corrected chi connectivity index (χ1v) is 17.8. The maximum atomic E-state index is 13.9. The fourth-order valence-electron chi connectivity index (χ4n) is 5.53. The molecule has 1 aromatic carbocycles. The summed E-state index contributed by atoms with van der Waals surface area (Å²) in [5.41, 5.74) is 9.22. The maximum Gasteiger partial charge on any atom is 0.410 e. The third kappa shape index (κ3) is 5.32. The first-order valence-electron chi connectivity index (χ1n) is 13.9. The molecule has 0 spiro atoms. The number of amides is 1. The van der Waals surface area contributed by atoms with Gasteiger partial charge in [0.05, 0.1) is 27.7 Å². The van der Waals surface area contributed by atoms with Crippen molar-refractivity contribution in [1.29, 1.82) is 0 Å². The second-order valence-corrected chi connectivity index (χ2v) is 18.6. The molecule has 1 saturated heterocycles. The van der Waals surface area contributed by atoms with E-state index >= 15 is 0 Å². The number of Topliss-reactive ketones (excluding diaryl/α,β-unsaturated/α-hetero) is 1. The lowest BCUT2D eigenvalue weighted by atomic mass is 9.68. The van der Waals surface area contributed by atoms with Gasteiger partial charge in [-0.3, -0.25) is 9.79 Å². The van der Waals surface area contributed by atoms with Gasteiger partial charge < -0.3 is 14.5 Å². The van der Waals surface area contributed by atoms with Crippen LogP contribution in [0.15, 0.2) is 51.7 Å². The average molecular weight is 576 g/mol. The Morgan fingerprint density at radius 3 is 2.42 bits per heavy atom. The lowest BCUT2D eigenvalue weighted by Gasteiger charge is -2.39. The predicted molar refractivity (Wildman–Crippen MR) is 165 cm³/mol. The van der Waals surface area contributed by atoms with Gasteiger partial charge in [-0.15, -0.1) is 5.54 Å². The second-order valence-electron chi connectivity index (χ2n) is 13.5. The van der Waals surface area contributed by atoms with Crippen molar-refractivity contribution in [1.82, 2.24) is 4.90 Å². The number of aliphatic imine (C=N–C) groups is 1. The van der Waals surface area contributed by atoms with E-state index in [1.165, 1.54) is 0 Å². The standard InChI is InChI=1S/C32H38ClN3O3Si/c1-31(2,3)39-30(38)36-14-12-35(13-15-36)26-19-23-22(18-24(26)33)28(37)27-21-10-9-20(11-16-40(6,7)8)17-25(21)34-29(27)32(23,4)5/h9,17-19H,10,12-15H2,1-8H3. The molecular weight excluding hydrogens is 538 g/mol. The fourth-order valence-corrected chi connectivity index (χ4v) is 6.33. The summed E-state index contributed by atoms with van der Waals surface area (Å²) in [6.07, 6.45) is 4.49. The number of anilines is 1. The van der Waals surface area contributed by atoms with Crippen molar-refractivity contribution >= 4 is 43.0 Å². The summed E-state index contributed by atoms with van der Waals surface area (Å²) in [5, 5.41) is 0.542. The minimum atomic E-state index is -1.50. The number of ether oxygens (including phenoxy) is 1. The molecular formula is C32H38ClN3O3Si. The Morgan fingerprint density at radius 2 is 1.80 bits per heavy atom. The molecule has 40 heavy (non-hydrogen) atoms. The SMILES string of the molecule is CC(C)(C)OC(=O)N1CCN(c2cc3c(cc2Cl)C(=O)C2=C4CC=C(C#C[Si](C)(C)C)C=C4N=C2C3(C)C)CC1. The molecule has 2 aliphatic heterocycles. The molecule has 0 bridgehead atoms. The summed E-state index contributed by atoms with van der Waals surface area (Å²) in [6, 6.07) is 3.88. The quantitative estimate of drug-likeness (QED) is 0.275. The molecule has 2 heterocycles. The molecule has 5 rings (SSSR count). The zero-order chi connectivity index (χ0) is 29.2.